The molecule has 1 N–H and O–H groups in total. The molecule has 19 heavy (non-hydrogen) atoms. The summed E-state index contributed by atoms with van der Waals surface area (Å²) in [4.78, 5) is 2.67. The average molecular weight is 263 g/mol. The van der Waals surface area contributed by atoms with Crippen molar-refractivity contribution in [2.24, 2.45) is 0 Å². The number of hydrogen-bond donors (Lipinski definition) is 1. The van der Waals surface area contributed by atoms with Crippen molar-refractivity contribution in [3.05, 3.63) is 0 Å². The molecule has 0 aromatic rings. The van der Waals surface area contributed by atoms with E-state index >= 15 is 0 Å². The van der Waals surface area contributed by atoms with Crippen LogP contribution in [0, 0.1) is 11.3 Å². The molecule has 1 aliphatic heterocycles. The van der Waals surface area contributed by atoms with Gasteiger partial charge in [0.25, 0.3) is 0 Å². The van der Waals surface area contributed by atoms with Crippen LogP contribution in [0.1, 0.15) is 44.9 Å². The summed E-state index contributed by atoms with van der Waals surface area (Å²) < 4.78 is 5.95. The smallest absolute Gasteiger partial charge is 0.108 e. The molecule has 3 fully saturated rings. The van der Waals surface area contributed by atoms with E-state index in [1.54, 1.807) is 0 Å². The Morgan fingerprint density at radius 3 is 2.89 bits per heavy atom. The first kappa shape index (κ1) is 13.4. The third kappa shape index (κ3) is 2.40. The number of fused-ring (bicyclic) bond motifs is 1. The second-order valence-electron chi connectivity index (χ2n) is 6.34. The standard InChI is InChI=1S/C15H25N3O/c1-17-15(11-16)7-6-12(10-15)18-8-9-19-14-5-3-2-4-13(14)18/h12-14,17H,2-10H2,1H3. The Hall–Kier alpha value is -0.630. The van der Waals surface area contributed by atoms with Crippen LogP contribution in [0.15, 0.2) is 0 Å². The Labute approximate surface area is 116 Å². The van der Waals surface area contributed by atoms with Gasteiger partial charge in [-0.1, -0.05) is 12.8 Å². The van der Waals surface area contributed by atoms with Gasteiger partial charge in [-0.3, -0.25) is 4.90 Å². The van der Waals surface area contributed by atoms with Crippen LogP contribution in [0.25, 0.3) is 0 Å². The molecule has 0 amide bonds. The first-order valence-electron chi connectivity index (χ1n) is 7.75. The second kappa shape index (κ2) is 5.40. The van der Waals surface area contributed by atoms with Crippen molar-refractivity contribution < 1.29 is 4.74 Å². The zero-order valence-corrected chi connectivity index (χ0v) is 11.9. The van der Waals surface area contributed by atoms with E-state index in [1.165, 1.54) is 25.7 Å². The minimum atomic E-state index is -0.285. The van der Waals surface area contributed by atoms with Crippen molar-refractivity contribution in [3.8, 4) is 6.07 Å². The SMILES string of the molecule is CNC1(C#N)CCC(N2CCOC3CCCCC32)C1. The molecule has 2 saturated carbocycles. The summed E-state index contributed by atoms with van der Waals surface area (Å²) in [6.07, 6.45) is 8.72. The third-order valence-corrected chi connectivity index (χ3v) is 5.43. The second-order valence-corrected chi connectivity index (χ2v) is 6.34. The average Bonchev–Trinajstić information content (AvgIpc) is 2.92. The largest absolute Gasteiger partial charge is 0.375 e. The molecule has 1 saturated heterocycles. The fourth-order valence-corrected chi connectivity index (χ4v) is 4.27. The number of nitriles is 1. The molecule has 4 heteroatoms. The highest BCUT2D eigenvalue weighted by atomic mass is 16.5. The van der Waals surface area contributed by atoms with Gasteiger partial charge in [-0.05, 0) is 39.2 Å². The highest BCUT2D eigenvalue weighted by Gasteiger charge is 2.45. The van der Waals surface area contributed by atoms with Gasteiger partial charge in [0.2, 0.25) is 0 Å². The van der Waals surface area contributed by atoms with Crippen molar-refractivity contribution in [1.82, 2.24) is 10.2 Å². The predicted octanol–water partition coefficient (Wildman–Crippen LogP) is 1.66. The zero-order valence-electron chi connectivity index (χ0n) is 11.9. The van der Waals surface area contributed by atoms with Gasteiger partial charge in [0, 0.05) is 18.6 Å². The van der Waals surface area contributed by atoms with Crippen LogP contribution < -0.4 is 5.32 Å². The molecule has 0 spiro atoms. The van der Waals surface area contributed by atoms with Crippen LogP contribution in [-0.4, -0.2) is 48.8 Å². The molecule has 0 bridgehead atoms. The zero-order chi connectivity index (χ0) is 13.3. The summed E-state index contributed by atoms with van der Waals surface area (Å²) in [7, 11) is 1.92. The van der Waals surface area contributed by atoms with E-state index in [4.69, 9.17) is 4.74 Å². The molecule has 0 aromatic carbocycles. The van der Waals surface area contributed by atoms with Crippen molar-refractivity contribution in [1.29, 1.82) is 5.26 Å². The van der Waals surface area contributed by atoms with E-state index in [0.29, 0.717) is 18.2 Å². The van der Waals surface area contributed by atoms with E-state index < -0.39 is 0 Å². The lowest BCUT2D eigenvalue weighted by atomic mass is 9.88. The molecule has 4 unspecified atom stereocenters. The van der Waals surface area contributed by atoms with Gasteiger partial charge in [-0.25, -0.2) is 0 Å². The molecule has 4 nitrogen and oxygen atoms in total. The maximum Gasteiger partial charge on any atom is 0.108 e. The number of nitrogens with one attached hydrogen (secondary N) is 1. The van der Waals surface area contributed by atoms with E-state index in [2.05, 4.69) is 16.3 Å². The monoisotopic (exact) mass is 263 g/mol. The van der Waals surface area contributed by atoms with Crippen LogP contribution in [-0.2, 0) is 4.74 Å². The molecular weight excluding hydrogens is 238 g/mol. The summed E-state index contributed by atoms with van der Waals surface area (Å²) in [6.45, 7) is 1.92. The summed E-state index contributed by atoms with van der Waals surface area (Å²) >= 11 is 0. The molecule has 3 rings (SSSR count). The number of rotatable bonds is 2. The van der Waals surface area contributed by atoms with Crippen LogP contribution >= 0.6 is 0 Å². The Kier molecular flexibility index (Phi) is 3.79. The van der Waals surface area contributed by atoms with E-state index in [0.717, 1.165) is 32.4 Å². The Balaban J connectivity index is 1.70. The van der Waals surface area contributed by atoms with Crippen LogP contribution in [0.4, 0.5) is 0 Å². The van der Waals surface area contributed by atoms with Gasteiger partial charge < -0.3 is 10.1 Å². The van der Waals surface area contributed by atoms with Crippen molar-refractivity contribution in [2.45, 2.75) is 68.7 Å². The van der Waals surface area contributed by atoms with Gasteiger partial charge >= 0.3 is 0 Å². The molecule has 0 radical (unpaired) electrons. The Morgan fingerprint density at radius 2 is 2.16 bits per heavy atom. The Morgan fingerprint density at radius 1 is 1.32 bits per heavy atom. The van der Waals surface area contributed by atoms with Crippen LogP contribution in [0.5, 0.6) is 0 Å². The fourth-order valence-electron chi connectivity index (χ4n) is 4.27. The predicted molar refractivity (Wildman–Crippen MR) is 73.7 cm³/mol. The van der Waals surface area contributed by atoms with Crippen LogP contribution in [0.3, 0.4) is 0 Å². The van der Waals surface area contributed by atoms with Gasteiger partial charge in [0.15, 0.2) is 0 Å². The van der Waals surface area contributed by atoms with Gasteiger partial charge in [0.1, 0.15) is 5.54 Å². The minimum absolute atomic E-state index is 0.285. The van der Waals surface area contributed by atoms with Gasteiger partial charge in [-0.2, -0.15) is 5.26 Å². The first-order valence-corrected chi connectivity index (χ1v) is 7.75. The summed E-state index contributed by atoms with van der Waals surface area (Å²) in [5.74, 6) is 0. The molecular formula is C15H25N3O. The van der Waals surface area contributed by atoms with E-state index in [1.807, 2.05) is 7.05 Å². The molecule has 4 atom stereocenters. The van der Waals surface area contributed by atoms with Crippen molar-refractivity contribution in [2.75, 3.05) is 20.2 Å². The lowest BCUT2D eigenvalue weighted by Crippen LogP contribution is -2.56. The quantitative estimate of drug-likeness (QED) is 0.823. The maximum atomic E-state index is 9.41. The Bertz CT molecular complexity index is 365. The highest BCUT2D eigenvalue weighted by molar-refractivity contribution is 5.13. The molecule has 106 valence electrons. The maximum absolute atomic E-state index is 9.41. The number of ether oxygens (including phenoxy) is 1. The van der Waals surface area contributed by atoms with E-state index in [-0.39, 0.29) is 5.54 Å². The van der Waals surface area contributed by atoms with Gasteiger partial charge in [0.05, 0.1) is 18.8 Å². The number of morpholine rings is 1. The van der Waals surface area contributed by atoms with Crippen molar-refractivity contribution in [3.63, 3.8) is 0 Å². The molecule has 0 aromatic heterocycles. The molecule has 2 aliphatic carbocycles. The first-order chi connectivity index (χ1) is 9.28. The third-order valence-electron chi connectivity index (χ3n) is 5.43. The molecule has 3 aliphatic rings. The number of hydrogen-bond acceptors (Lipinski definition) is 4. The van der Waals surface area contributed by atoms with Crippen molar-refractivity contribution >= 4 is 0 Å². The van der Waals surface area contributed by atoms with Crippen LogP contribution in [0.2, 0.25) is 0 Å². The van der Waals surface area contributed by atoms with Gasteiger partial charge in [-0.15, -0.1) is 0 Å². The highest BCUT2D eigenvalue weighted by Crippen LogP contribution is 2.37. The topological polar surface area (TPSA) is 48.3 Å². The minimum Gasteiger partial charge on any atom is -0.375 e. The lowest BCUT2D eigenvalue weighted by molar-refractivity contribution is -0.102. The summed E-state index contributed by atoms with van der Waals surface area (Å²) in [5, 5.41) is 12.7. The fraction of sp³-hybridized carbons (Fsp3) is 0.933. The summed E-state index contributed by atoms with van der Waals surface area (Å²) in [6, 6.07) is 3.68. The normalized spacial score (nSPS) is 43.7. The lowest BCUT2D eigenvalue weighted by Gasteiger charge is -2.46. The number of nitrogens with zero attached hydrogens (tertiary/aromatic N) is 2. The summed E-state index contributed by atoms with van der Waals surface area (Å²) in [5.41, 5.74) is -0.285. The van der Waals surface area contributed by atoms with E-state index in [9.17, 15) is 5.26 Å². The molecule has 1 heterocycles.